The minimum absolute atomic E-state index is 0.00867. The molecule has 2 aromatic heterocycles. The highest BCUT2D eigenvalue weighted by Gasteiger charge is 2.63. The van der Waals surface area contributed by atoms with Gasteiger partial charge in [0, 0.05) is 37.8 Å². The van der Waals surface area contributed by atoms with Crippen molar-refractivity contribution in [2.24, 2.45) is 105 Å². The number of hydrogen-bond acceptors (Lipinski definition) is 8. The summed E-state index contributed by atoms with van der Waals surface area (Å²) in [6.07, 6.45) is 43.2. The molecular formula is C107H150O6S2. The van der Waals surface area contributed by atoms with Crippen molar-refractivity contribution >= 4 is 34.6 Å². The number of unbranched alkanes of at least 4 members (excludes halogenated alkanes) is 4. The standard InChI is InChI=1S/C107H150O6S2/c1-15-55-107(56-16-2)93-65-77(99-49-47-97(114-99)75-33-45-95(73(9)63-75)110-61-21-17-19-29-101(108)112-81-51-57-103(11)79(67-81)35-39-85-89-43-41-87(71(7)27-23-25-69(3)4)105(89,13)59-53-91(85)103)31-37-83(93)84-38-32-78(66-94(84)107)100-50-48-98(115-100)76-34-46-96(74(10)64-76)111-62-22-18-20-30-102(109)113-82-52-58-104(12)80(68-82)36-40-86-90-44-42-88(72(8)28-24-26-70(5)6)106(90,14)60-54-92(86)104/h31-34,37-38,45-50,63-66,69-72,79-82,85-92H,15-30,35-36,39-44,51-62,67-68H2,1-14H3/t71-,72-,79?,80?,81+,82+,85+,86+,87-,88-,89+,90+,91+,92+,103+,104+,105-,106-/m1/s1. The Labute approximate surface area is 705 Å². The van der Waals surface area contributed by atoms with E-state index in [4.69, 9.17) is 18.9 Å². The largest absolute Gasteiger partial charge is 0.493 e. The van der Waals surface area contributed by atoms with E-state index in [0.717, 1.165) is 184 Å². The van der Waals surface area contributed by atoms with Crippen molar-refractivity contribution in [2.75, 3.05) is 13.2 Å². The third-order valence-corrected chi connectivity index (χ3v) is 36.6. The third kappa shape index (κ3) is 17.4. The Balaban J connectivity index is 0.482. The van der Waals surface area contributed by atoms with Crippen molar-refractivity contribution < 1.29 is 28.5 Å². The Bertz CT molecular complexity index is 4010. The maximum absolute atomic E-state index is 13.4. The summed E-state index contributed by atoms with van der Waals surface area (Å²) in [5.41, 5.74) is 14.9. The van der Waals surface area contributed by atoms with Gasteiger partial charge in [-0.1, -0.05) is 159 Å². The summed E-state index contributed by atoms with van der Waals surface area (Å²) in [7, 11) is 0. The normalized spacial score (nSPS) is 30.8. The molecule has 0 aliphatic heterocycles. The van der Waals surface area contributed by atoms with Crippen molar-refractivity contribution in [1.82, 2.24) is 0 Å². The molecule has 15 rings (SSSR count). The summed E-state index contributed by atoms with van der Waals surface area (Å²) in [6.45, 7) is 35.9. The van der Waals surface area contributed by atoms with Crippen LogP contribution in [0.1, 0.15) is 336 Å². The molecule has 4 aromatic carbocycles. The second-order valence-corrected chi connectivity index (χ2v) is 44.0. The first-order chi connectivity index (χ1) is 55.4. The monoisotopic (exact) mass is 1600 g/mol. The Morgan fingerprint density at radius 1 is 0.409 bits per heavy atom. The molecule has 0 amide bonds. The maximum atomic E-state index is 13.4. The van der Waals surface area contributed by atoms with E-state index in [1.807, 2.05) is 22.7 Å². The smallest absolute Gasteiger partial charge is 0.306 e. The Hall–Kier alpha value is -5.18. The van der Waals surface area contributed by atoms with Crippen LogP contribution < -0.4 is 9.47 Å². The molecule has 18 atom stereocenters. The second kappa shape index (κ2) is 36.2. The van der Waals surface area contributed by atoms with Gasteiger partial charge >= 0.3 is 11.9 Å². The first-order valence-corrected chi connectivity index (χ1v) is 49.4. The van der Waals surface area contributed by atoms with Crippen LogP contribution >= 0.6 is 22.7 Å². The van der Waals surface area contributed by atoms with E-state index in [0.29, 0.717) is 59.6 Å². The van der Waals surface area contributed by atoms with Gasteiger partial charge in [0.05, 0.1) is 13.2 Å². The lowest BCUT2D eigenvalue weighted by Crippen LogP contribution is -2.54. The van der Waals surface area contributed by atoms with E-state index in [2.05, 4.69) is 194 Å². The van der Waals surface area contributed by atoms with Gasteiger partial charge in [-0.2, -0.15) is 0 Å². The number of aryl methyl sites for hydroxylation is 2. The van der Waals surface area contributed by atoms with E-state index in [-0.39, 0.29) is 29.6 Å². The maximum Gasteiger partial charge on any atom is 0.306 e. The molecule has 0 spiro atoms. The Morgan fingerprint density at radius 3 is 1.18 bits per heavy atom. The minimum atomic E-state index is -0.0554. The minimum Gasteiger partial charge on any atom is -0.493 e. The summed E-state index contributed by atoms with van der Waals surface area (Å²) >= 11 is 3.77. The predicted octanol–water partition coefficient (Wildman–Crippen LogP) is 30.9. The lowest BCUT2D eigenvalue weighted by Gasteiger charge is -2.61. The van der Waals surface area contributed by atoms with Crippen LogP contribution in [0.15, 0.2) is 97.1 Å². The van der Waals surface area contributed by atoms with Gasteiger partial charge in [-0.05, 0) is 414 Å². The summed E-state index contributed by atoms with van der Waals surface area (Å²) < 4.78 is 25.5. The topological polar surface area (TPSA) is 71.1 Å². The average Bonchev–Trinajstić information content (AvgIpc) is 1.59. The lowest BCUT2D eigenvalue weighted by molar-refractivity contribution is -0.163. The second-order valence-electron chi connectivity index (χ2n) is 41.9. The first-order valence-electron chi connectivity index (χ1n) is 47.8. The summed E-state index contributed by atoms with van der Waals surface area (Å²) in [5, 5.41) is 0. The molecular weight excluding hydrogens is 1450 g/mol. The van der Waals surface area contributed by atoms with Crippen LogP contribution in [0.4, 0.5) is 0 Å². The zero-order valence-electron chi connectivity index (χ0n) is 74.1. The van der Waals surface area contributed by atoms with Crippen LogP contribution in [0.25, 0.3) is 52.9 Å². The van der Waals surface area contributed by atoms with E-state index < -0.39 is 0 Å². The molecule has 9 aliphatic rings. The number of carbonyl (C=O) groups excluding carboxylic acids is 2. The van der Waals surface area contributed by atoms with Gasteiger partial charge in [-0.3, -0.25) is 9.59 Å². The SMILES string of the molecule is CCCC1(CCC)c2cc(-c3ccc(-c4ccc(OCCCCCC(=O)O[C@H]5CC[C@@]6(C)C(CC[C@H]7[C@@H]8CC[C@H]([C@H](C)CCCC(C)C)[C@@]8(C)CC[C@@H]76)C5)c(C)c4)s3)ccc2-c2ccc(-c3ccc(-c4ccc(OCCCCCC(=O)O[C@H]5CC[C@@]6(C)C(CC[C@H]7[C@@H]8CC[C@H]([C@H](C)CCCC(C)C)[C@@]8(C)CC[C@@H]76)C5)c(C)c4)s3)cc21. The van der Waals surface area contributed by atoms with Crippen LogP contribution in [0.3, 0.4) is 0 Å². The van der Waals surface area contributed by atoms with Crippen LogP contribution in [-0.4, -0.2) is 37.4 Å². The van der Waals surface area contributed by atoms with E-state index in [9.17, 15) is 9.59 Å². The van der Waals surface area contributed by atoms with Gasteiger partial charge in [0.25, 0.3) is 0 Å². The fourth-order valence-corrected chi connectivity index (χ4v) is 30.2. The van der Waals surface area contributed by atoms with Crippen molar-refractivity contribution in [2.45, 2.75) is 346 Å². The summed E-state index contributed by atoms with van der Waals surface area (Å²) in [4.78, 5) is 31.9. The molecule has 115 heavy (non-hydrogen) atoms. The van der Waals surface area contributed by atoms with E-state index >= 15 is 0 Å². The molecule has 9 aliphatic carbocycles. The fraction of sp³-hybridized carbons (Fsp3) is 0.682. The van der Waals surface area contributed by atoms with Crippen molar-refractivity contribution in [3.8, 4) is 64.4 Å². The molecule has 0 N–H and O–H groups in total. The zero-order chi connectivity index (χ0) is 80.6. The lowest BCUT2D eigenvalue weighted by atomic mass is 9.44. The van der Waals surface area contributed by atoms with Crippen molar-refractivity contribution in [1.29, 1.82) is 0 Å². The fourth-order valence-electron chi connectivity index (χ4n) is 28.2. The van der Waals surface area contributed by atoms with Crippen LogP contribution in [0.2, 0.25) is 0 Å². The number of benzene rings is 4. The van der Waals surface area contributed by atoms with Gasteiger partial charge < -0.3 is 18.9 Å². The number of carbonyl (C=O) groups is 2. The molecule has 0 radical (unpaired) electrons. The van der Waals surface area contributed by atoms with Gasteiger partial charge in [0.1, 0.15) is 23.7 Å². The van der Waals surface area contributed by atoms with Crippen LogP contribution in [0.5, 0.6) is 11.5 Å². The highest BCUT2D eigenvalue weighted by atomic mass is 32.1. The number of hydrogen-bond donors (Lipinski definition) is 0. The highest BCUT2D eigenvalue weighted by Crippen LogP contribution is 2.71. The number of thiophene rings is 2. The Morgan fingerprint density at radius 2 is 0.791 bits per heavy atom. The van der Waals surface area contributed by atoms with Gasteiger partial charge in [0.2, 0.25) is 0 Å². The molecule has 8 saturated carbocycles. The molecule has 8 heteroatoms. The zero-order valence-corrected chi connectivity index (χ0v) is 75.7. The predicted molar refractivity (Wildman–Crippen MR) is 483 cm³/mol. The van der Waals surface area contributed by atoms with Gasteiger partial charge in [0.15, 0.2) is 0 Å². The highest BCUT2D eigenvalue weighted by molar-refractivity contribution is 7.19. The molecule has 8 fully saturated rings. The molecule has 0 saturated heterocycles. The van der Waals surface area contributed by atoms with E-state index in [1.54, 1.807) is 0 Å². The molecule has 2 unspecified atom stereocenters. The molecule has 0 bridgehead atoms. The van der Waals surface area contributed by atoms with E-state index in [1.165, 1.54) is 192 Å². The van der Waals surface area contributed by atoms with Crippen molar-refractivity contribution in [3.05, 3.63) is 119 Å². The first kappa shape index (κ1) is 84.8. The molecule has 2 heterocycles. The molecule has 6 nitrogen and oxygen atoms in total. The quantitative estimate of drug-likeness (QED) is 0.0296. The van der Waals surface area contributed by atoms with Crippen LogP contribution in [0, 0.1) is 118 Å². The summed E-state index contributed by atoms with van der Waals surface area (Å²) in [5.74, 6) is 13.8. The van der Waals surface area contributed by atoms with Crippen LogP contribution in [-0.2, 0) is 24.5 Å². The third-order valence-electron chi connectivity index (χ3n) is 34.2. The Kier molecular flexibility index (Phi) is 26.7. The number of fused-ring (bicyclic) bond motifs is 13. The van der Waals surface area contributed by atoms with Gasteiger partial charge in [-0.25, -0.2) is 0 Å². The van der Waals surface area contributed by atoms with Gasteiger partial charge in [-0.15, -0.1) is 22.7 Å². The number of ether oxygens (including phenoxy) is 4. The average molecular weight is 1600 g/mol. The number of esters is 2. The molecule has 626 valence electrons. The summed E-state index contributed by atoms with van der Waals surface area (Å²) in [6, 6.07) is 37.3. The van der Waals surface area contributed by atoms with Crippen molar-refractivity contribution in [3.63, 3.8) is 0 Å². The number of rotatable bonds is 34. The molecule has 6 aromatic rings.